The number of thiophene rings is 1. The van der Waals surface area contributed by atoms with Gasteiger partial charge in [-0.15, -0.1) is 11.3 Å². The Morgan fingerprint density at radius 2 is 2.35 bits per heavy atom. The smallest absolute Gasteiger partial charge is 0.263 e. The maximum atomic E-state index is 13.3. The van der Waals surface area contributed by atoms with Crippen molar-refractivity contribution in [1.29, 1.82) is 0 Å². The van der Waals surface area contributed by atoms with Crippen LogP contribution >= 0.6 is 22.9 Å². The lowest BCUT2D eigenvalue weighted by Gasteiger charge is -2.24. The third-order valence-electron chi connectivity index (χ3n) is 4.07. The van der Waals surface area contributed by atoms with Crippen molar-refractivity contribution < 1.29 is 9.18 Å². The van der Waals surface area contributed by atoms with Crippen molar-refractivity contribution in [3.05, 3.63) is 52.1 Å². The van der Waals surface area contributed by atoms with E-state index >= 15 is 0 Å². The molecular weight excluding hydrogens is 337 g/mol. The molecule has 1 unspecified atom stereocenters. The first-order valence-electron chi connectivity index (χ1n) is 7.30. The molecule has 1 aromatic carbocycles. The van der Waals surface area contributed by atoms with Crippen molar-refractivity contribution in [2.45, 2.75) is 25.4 Å². The van der Waals surface area contributed by atoms with Gasteiger partial charge in [-0.3, -0.25) is 4.79 Å². The van der Waals surface area contributed by atoms with Crippen molar-refractivity contribution in [3.63, 3.8) is 0 Å². The highest BCUT2D eigenvalue weighted by Crippen LogP contribution is 2.35. The van der Waals surface area contributed by atoms with Crippen LogP contribution in [0.2, 0.25) is 5.02 Å². The summed E-state index contributed by atoms with van der Waals surface area (Å²) >= 11 is 7.52. The molecule has 23 heavy (non-hydrogen) atoms. The van der Waals surface area contributed by atoms with Crippen LogP contribution in [0.15, 0.2) is 30.6 Å². The van der Waals surface area contributed by atoms with Crippen molar-refractivity contribution >= 4 is 38.9 Å². The predicted octanol–water partition coefficient (Wildman–Crippen LogP) is 3.64. The molecule has 0 saturated heterocycles. The highest BCUT2D eigenvalue weighted by atomic mass is 35.5. The minimum absolute atomic E-state index is 0.0437. The number of fused-ring (bicyclic) bond motifs is 2. The Morgan fingerprint density at radius 3 is 3.22 bits per heavy atom. The summed E-state index contributed by atoms with van der Waals surface area (Å²) in [4.78, 5) is 17.2. The quantitative estimate of drug-likeness (QED) is 0.768. The number of nitrogens with zero attached hydrogens (tertiary/aromatic N) is 2. The molecule has 0 fully saturated rings. The summed E-state index contributed by atoms with van der Waals surface area (Å²) in [5.74, 6) is 0.512. The lowest BCUT2D eigenvalue weighted by molar-refractivity contribution is 0.0932. The maximum Gasteiger partial charge on any atom is 0.263 e. The normalized spacial score (nSPS) is 17.2. The summed E-state index contributed by atoms with van der Waals surface area (Å²) in [5.41, 5.74) is 0. The standard InChI is InChI=1S/C16H13ClFN3OS/c17-14-11-3-1-9(18)7-12(11)23-15(14)16(22)20-10-2-4-13-19-5-6-21(13)8-10/h1,3,5-7,10H,2,4,8H2,(H,20,22). The van der Waals surface area contributed by atoms with E-state index in [0.29, 0.717) is 26.5 Å². The molecule has 0 aliphatic carbocycles. The number of hydrogen-bond donors (Lipinski definition) is 1. The highest BCUT2D eigenvalue weighted by Gasteiger charge is 2.23. The van der Waals surface area contributed by atoms with Crippen molar-refractivity contribution in [1.82, 2.24) is 14.9 Å². The molecule has 4 nitrogen and oxygen atoms in total. The lowest BCUT2D eigenvalue weighted by atomic mass is 10.1. The molecule has 1 aliphatic rings. The second kappa shape index (κ2) is 5.62. The number of nitrogens with one attached hydrogen (secondary N) is 1. The van der Waals surface area contributed by atoms with Gasteiger partial charge in [-0.2, -0.15) is 0 Å². The van der Waals surface area contributed by atoms with Gasteiger partial charge in [0.1, 0.15) is 16.5 Å². The molecule has 118 valence electrons. The number of benzene rings is 1. The van der Waals surface area contributed by atoms with Crippen LogP contribution in [0.5, 0.6) is 0 Å². The largest absolute Gasteiger partial charge is 0.347 e. The van der Waals surface area contributed by atoms with Crippen LogP contribution in [0.4, 0.5) is 4.39 Å². The summed E-state index contributed by atoms with van der Waals surface area (Å²) in [5, 5.41) is 4.13. The summed E-state index contributed by atoms with van der Waals surface area (Å²) in [7, 11) is 0. The number of halogens is 2. The fourth-order valence-electron chi connectivity index (χ4n) is 2.92. The Morgan fingerprint density at radius 1 is 1.48 bits per heavy atom. The topological polar surface area (TPSA) is 46.9 Å². The zero-order valence-electron chi connectivity index (χ0n) is 12.1. The molecule has 0 radical (unpaired) electrons. The van der Waals surface area contributed by atoms with Gasteiger partial charge in [0.25, 0.3) is 5.91 Å². The monoisotopic (exact) mass is 349 g/mol. The first-order chi connectivity index (χ1) is 11.1. The van der Waals surface area contributed by atoms with Crippen LogP contribution < -0.4 is 5.32 Å². The molecule has 1 amide bonds. The van der Waals surface area contributed by atoms with Crippen molar-refractivity contribution in [2.75, 3.05) is 0 Å². The Labute approximate surface area is 140 Å². The van der Waals surface area contributed by atoms with E-state index in [-0.39, 0.29) is 17.8 Å². The molecular formula is C16H13ClFN3OS. The number of aryl methyl sites for hydroxylation is 1. The number of aromatic nitrogens is 2. The van der Waals surface area contributed by atoms with Crippen LogP contribution in [0.3, 0.4) is 0 Å². The van der Waals surface area contributed by atoms with E-state index in [1.807, 2.05) is 6.20 Å². The Bertz CT molecular complexity index is 904. The van der Waals surface area contributed by atoms with Gasteiger partial charge in [-0.05, 0) is 24.6 Å². The first-order valence-corrected chi connectivity index (χ1v) is 8.49. The second-order valence-corrected chi connectivity index (χ2v) is 7.02. The van der Waals surface area contributed by atoms with E-state index in [0.717, 1.165) is 18.7 Å². The summed E-state index contributed by atoms with van der Waals surface area (Å²) in [6.45, 7) is 0.707. The van der Waals surface area contributed by atoms with Gasteiger partial charge in [-0.1, -0.05) is 11.6 Å². The molecule has 0 bridgehead atoms. The van der Waals surface area contributed by atoms with Crippen LogP contribution in [0.25, 0.3) is 10.1 Å². The van der Waals surface area contributed by atoms with E-state index < -0.39 is 0 Å². The minimum atomic E-state index is -0.331. The fourth-order valence-corrected chi connectivity index (χ4v) is 4.37. The van der Waals surface area contributed by atoms with Crippen LogP contribution in [-0.4, -0.2) is 21.5 Å². The first kappa shape index (κ1) is 14.7. The number of amides is 1. The molecule has 0 saturated carbocycles. The number of carbonyl (C=O) groups is 1. The Hall–Kier alpha value is -1.92. The van der Waals surface area contributed by atoms with E-state index in [4.69, 9.17) is 11.6 Å². The molecule has 4 rings (SSSR count). The molecule has 0 spiro atoms. The molecule has 3 heterocycles. The Kier molecular flexibility index (Phi) is 3.58. The second-order valence-electron chi connectivity index (χ2n) is 5.59. The van der Waals surface area contributed by atoms with E-state index in [1.54, 1.807) is 12.3 Å². The van der Waals surface area contributed by atoms with Gasteiger partial charge < -0.3 is 9.88 Å². The number of imidazole rings is 1. The van der Waals surface area contributed by atoms with Crippen molar-refractivity contribution in [2.24, 2.45) is 0 Å². The van der Waals surface area contributed by atoms with E-state index in [1.165, 1.54) is 23.5 Å². The number of carbonyl (C=O) groups excluding carboxylic acids is 1. The number of rotatable bonds is 2. The molecule has 7 heteroatoms. The number of hydrogen-bond acceptors (Lipinski definition) is 3. The van der Waals surface area contributed by atoms with Gasteiger partial charge in [0, 0.05) is 41.5 Å². The molecule has 3 aromatic rings. The van der Waals surface area contributed by atoms with E-state index in [9.17, 15) is 9.18 Å². The summed E-state index contributed by atoms with van der Waals surface area (Å²) < 4.78 is 16.0. The third kappa shape index (κ3) is 2.62. The lowest BCUT2D eigenvalue weighted by Crippen LogP contribution is -2.40. The average molecular weight is 350 g/mol. The third-order valence-corrected chi connectivity index (χ3v) is 5.72. The zero-order valence-corrected chi connectivity index (χ0v) is 13.6. The summed E-state index contributed by atoms with van der Waals surface area (Å²) in [6.07, 6.45) is 5.38. The molecule has 2 aromatic heterocycles. The van der Waals surface area contributed by atoms with Gasteiger partial charge >= 0.3 is 0 Å². The highest BCUT2D eigenvalue weighted by molar-refractivity contribution is 7.21. The Balaban J connectivity index is 1.57. The summed E-state index contributed by atoms with van der Waals surface area (Å²) in [6, 6.07) is 4.41. The van der Waals surface area contributed by atoms with Crippen molar-refractivity contribution in [3.8, 4) is 0 Å². The van der Waals surface area contributed by atoms with Gasteiger partial charge in [0.05, 0.1) is 5.02 Å². The van der Waals surface area contributed by atoms with Crippen LogP contribution in [-0.2, 0) is 13.0 Å². The zero-order chi connectivity index (χ0) is 16.0. The van der Waals surface area contributed by atoms with Gasteiger partial charge in [0.2, 0.25) is 0 Å². The van der Waals surface area contributed by atoms with Gasteiger partial charge in [0.15, 0.2) is 0 Å². The SMILES string of the molecule is O=C(NC1CCc2nccn2C1)c1sc2cc(F)ccc2c1Cl. The molecule has 1 aliphatic heterocycles. The maximum absolute atomic E-state index is 13.3. The van der Waals surface area contributed by atoms with E-state index in [2.05, 4.69) is 14.9 Å². The minimum Gasteiger partial charge on any atom is -0.347 e. The average Bonchev–Trinajstić information content (AvgIpc) is 3.11. The van der Waals surface area contributed by atoms with Gasteiger partial charge in [-0.25, -0.2) is 9.37 Å². The predicted molar refractivity (Wildman–Crippen MR) is 88.6 cm³/mol. The molecule has 1 atom stereocenters. The van der Waals surface area contributed by atoms with Crippen LogP contribution in [0.1, 0.15) is 21.9 Å². The molecule has 1 N–H and O–H groups in total. The fraction of sp³-hybridized carbons (Fsp3) is 0.250. The van der Waals surface area contributed by atoms with Crippen LogP contribution in [0, 0.1) is 5.82 Å².